The number of ether oxygens (including phenoxy) is 1. The fourth-order valence-electron chi connectivity index (χ4n) is 3.51. The van der Waals surface area contributed by atoms with Crippen molar-refractivity contribution < 1.29 is 9.26 Å². The van der Waals surface area contributed by atoms with Crippen LogP contribution in [0.25, 0.3) is 0 Å². The Balaban J connectivity index is 1.53. The molecule has 1 fully saturated rings. The number of hydrogen-bond donors (Lipinski definition) is 0. The molecule has 0 bridgehead atoms. The third-order valence-electron chi connectivity index (χ3n) is 5.35. The molecule has 3 rings (SSSR count). The Labute approximate surface area is 156 Å². The highest BCUT2D eigenvalue weighted by atomic mass is 16.5. The maximum Gasteiger partial charge on any atom is 0.243 e. The number of rotatable bonds is 5. The molecule has 1 aliphatic rings. The SMILES string of the molecule is COc1ccc(CC2CCN(C(C)c3nc(C(C)(C)C)no3)CC2)cc1. The Hall–Kier alpha value is -1.88. The molecule has 1 aromatic heterocycles. The predicted molar refractivity (Wildman–Crippen MR) is 102 cm³/mol. The van der Waals surface area contributed by atoms with Crippen LogP contribution in [-0.2, 0) is 11.8 Å². The number of nitrogens with zero attached hydrogens (tertiary/aromatic N) is 3. The molecule has 0 aliphatic carbocycles. The topological polar surface area (TPSA) is 51.4 Å². The highest BCUT2D eigenvalue weighted by Gasteiger charge is 2.28. The molecule has 1 atom stereocenters. The van der Waals surface area contributed by atoms with Gasteiger partial charge < -0.3 is 9.26 Å². The van der Waals surface area contributed by atoms with Gasteiger partial charge in [-0.2, -0.15) is 4.98 Å². The molecular weight excluding hydrogens is 326 g/mol. The molecule has 0 amide bonds. The highest BCUT2D eigenvalue weighted by Crippen LogP contribution is 2.29. The van der Waals surface area contributed by atoms with Gasteiger partial charge in [0.1, 0.15) is 5.75 Å². The van der Waals surface area contributed by atoms with Crippen LogP contribution in [0.1, 0.15) is 63.9 Å². The van der Waals surface area contributed by atoms with Gasteiger partial charge in [-0.3, -0.25) is 4.90 Å². The first kappa shape index (κ1) is 18.9. The van der Waals surface area contributed by atoms with Gasteiger partial charge in [-0.15, -0.1) is 0 Å². The van der Waals surface area contributed by atoms with Gasteiger partial charge in [0.05, 0.1) is 13.2 Å². The summed E-state index contributed by atoms with van der Waals surface area (Å²) in [6, 6.07) is 8.64. The highest BCUT2D eigenvalue weighted by molar-refractivity contribution is 5.27. The summed E-state index contributed by atoms with van der Waals surface area (Å²) in [6.07, 6.45) is 3.55. The molecule has 26 heavy (non-hydrogen) atoms. The fourth-order valence-corrected chi connectivity index (χ4v) is 3.51. The first-order chi connectivity index (χ1) is 12.4. The minimum atomic E-state index is -0.0766. The van der Waals surface area contributed by atoms with Crippen LogP contribution in [0.3, 0.4) is 0 Å². The number of likely N-dealkylation sites (tertiary alicyclic amines) is 1. The standard InChI is InChI=1S/C21H31N3O2/c1-15(19-22-20(23-26-19)21(2,3)4)24-12-10-17(11-13-24)14-16-6-8-18(25-5)9-7-16/h6-9,15,17H,10-14H2,1-5H3. The van der Waals surface area contributed by atoms with Crippen molar-refractivity contribution >= 4 is 0 Å². The lowest BCUT2D eigenvalue weighted by atomic mass is 9.89. The third kappa shape index (κ3) is 4.44. The Morgan fingerprint density at radius 3 is 2.38 bits per heavy atom. The maximum atomic E-state index is 5.54. The smallest absolute Gasteiger partial charge is 0.243 e. The molecule has 1 saturated heterocycles. The van der Waals surface area contributed by atoms with Gasteiger partial charge in [0, 0.05) is 5.41 Å². The molecule has 2 aromatic rings. The van der Waals surface area contributed by atoms with E-state index < -0.39 is 0 Å². The molecule has 0 N–H and O–H groups in total. The molecule has 0 radical (unpaired) electrons. The van der Waals surface area contributed by atoms with Crippen LogP contribution >= 0.6 is 0 Å². The third-order valence-corrected chi connectivity index (χ3v) is 5.35. The number of benzene rings is 1. The Morgan fingerprint density at radius 2 is 1.85 bits per heavy atom. The van der Waals surface area contributed by atoms with Gasteiger partial charge in [0.2, 0.25) is 5.89 Å². The van der Waals surface area contributed by atoms with E-state index in [-0.39, 0.29) is 11.5 Å². The van der Waals surface area contributed by atoms with Gasteiger partial charge in [-0.05, 0) is 62.9 Å². The average molecular weight is 357 g/mol. The van der Waals surface area contributed by atoms with Crippen molar-refractivity contribution in [2.24, 2.45) is 5.92 Å². The van der Waals surface area contributed by atoms with Crippen LogP contribution in [0.4, 0.5) is 0 Å². The lowest BCUT2D eigenvalue weighted by Gasteiger charge is -2.34. The summed E-state index contributed by atoms with van der Waals surface area (Å²) in [5.74, 6) is 3.18. The van der Waals surface area contributed by atoms with E-state index in [4.69, 9.17) is 9.26 Å². The largest absolute Gasteiger partial charge is 0.497 e. The van der Waals surface area contributed by atoms with Crippen LogP contribution < -0.4 is 4.74 Å². The lowest BCUT2D eigenvalue weighted by molar-refractivity contribution is 0.119. The van der Waals surface area contributed by atoms with Crippen molar-refractivity contribution in [3.8, 4) is 5.75 Å². The fraction of sp³-hybridized carbons (Fsp3) is 0.619. The van der Waals surface area contributed by atoms with E-state index in [1.54, 1.807) is 7.11 Å². The molecule has 5 heteroatoms. The van der Waals surface area contributed by atoms with Gasteiger partial charge in [-0.1, -0.05) is 38.1 Å². The van der Waals surface area contributed by atoms with Crippen molar-refractivity contribution in [1.82, 2.24) is 15.0 Å². The average Bonchev–Trinajstić information content (AvgIpc) is 3.13. The zero-order valence-electron chi connectivity index (χ0n) is 16.7. The zero-order valence-corrected chi connectivity index (χ0v) is 16.7. The van der Waals surface area contributed by atoms with Crippen LogP contribution in [0, 0.1) is 5.92 Å². The summed E-state index contributed by atoms with van der Waals surface area (Å²) in [5.41, 5.74) is 1.32. The van der Waals surface area contributed by atoms with E-state index in [1.165, 1.54) is 18.4 Å². The molecule has 1 aliphatic heterocycles. The second-order valence-electron chi connectivity index (χ2n) is 8.41. The van der Waals surface area contributed by atoms with Gasteiger partial charge in [0.15, 0.2) is 5.82 Å². The first-order valence-electron chi connectivity index (χ1n) is 9.58. The molecular formula is C21H31N3O2. The van der Waals surface area contributed by atoms with E-state index in [0.29, 0.717) is 0 Å². The molecule has 142 valence electrons. The quantitative estimate of drug-likeness (QED) is 0.794. The molecule has 0 spiro atoms. The van der Waals surface area contributed by atoms with Crippen molar-refractivity contribution in [1.29, 1.82) is 0 Å². The van der Waals surface area contributed by atoms with Crippen molar-refractivity contribution in [2.45, 2.75) is 58.4 Å². The summed E-state index contributed by atoms with van der Waals surface area (Å²) >= 11 is 0. The second-order valence-corrected chi connectivity index (χ2v) is 8.41. The predicted octanol–water partition coefficient (Wildman–Crippen LogP) is 4.39. The number of piperidine rings is 1. The Kier molecular flexibility index (Phi) is 5.66. The van der Waals surface area contributed by atoms with Crippen molar-refractivity contribution in [3.63, 3.8) is 0 Å². The Bertz CT molecular complexity index is 695. The van der Waals surface area contributed by atoms with Crippen molar-refractivity contribution in [2.75, 3.05) is 20.2 Å². The lowest BCUT2D eigenvalue weighted by Crippen LogP contribution is -2.36. The number of methoxy groups -OCH3 is 1. The van der Waals surface area contributed by atoms with Crippen LogP contribution in [0.5, 0.6) is 5.75 Å². The van der Waals surface area contributed by atoms with Gasteiger partial charge in [-0.25, -0.2) is 0 Å². The number of aromatic nitrogens is 2. The number of hydrogen-bond acceptors (Lipinski definition) is 5. The maximum absolute atomic E-state index is 5.54. The summed E-state index contributed by atoms with van der Waals surface area (Å²) in [4.78, 5) is 7.09. The van der Waals surface area contributed by atoms with Crippen molar-refractivity contribution in [3.05, 3.63) is 41.5 Å². The summed E-state index contributed by atoms with van der Waals surface area (Å²) in [5, 5.41) is 4.17. The van der Waals surface area contributed by atoms with E-state index in [0.717, 1.165) is 42.9 Å². The molecule has 5 nitrogen and oxygen atoms in total. The summed E-state index contributed by atoms with van der Waals surface area (Å²) < 4.78 is 10.8. The molecule has 1 aromatic carbocycles. The first-order valence-corrected chi connectivity index (χ1v) is 9.58. The van der Waals surface area contributed by atoms with Crippen LogP contribution in [-0.4, -0.2) is 35.2 Å². The Morgan fingerprint density at radius 1 is 1.19 bits per heavy atom. The summed E-state index contributed by atoms with van der Waals surface area (Å²) in [7, 11) is 1.71. The van der Waals surface area contributed by atoms with E-state index in [1.807, 2.05) is 0 Å². The summed E-state index contributed by atoms with van der Waals surface area (Å²) in [6.45, 7) is 10.7. The zero-order chi connectivity index (χ0) is 18.7. The minimum Gasteiger partial charge on any atom is -0.497 e. The van der Waals surface area contributed by atoms with E-state index >= 15 is 0 Å². The molecule has 1 unspecified atom stereocenters. The normalized spacial score (nSPS) is 18.0. The second kappa shape index (κ2) is 7.78. The van der Waals surface area contributed by atoms with Crippen LogP contribution in [0.15, 0.2) is 28.8 Å². The van der Waals surface area contributed by atoms with Gasteiger partial charge >= 0.3 is 0 Å². The monoisotopic (exact) mass is 357 g/mol. The minimum absolute atomic E-state index is 0.0766. The molecule has 0 saturated carbocycles. The molecule has 2 heterocycles. The van der Waals surface area contributed by atoms with Crippen LogP contribution in [0.2, 0.25) is 0 Å². The van der Waals surface area contributed by atoms with E-state index in [9.17, 15) is 0 Å². The van der Waals surface area contributed by atoms with Gasteiger partial charge in [0.25, 0.3) is 0 Å². The van der Waals surface area contributed by atoms with E-state index in [2.05, 4.69) is 67.0 Å².